The maximum absolute atomic E-state index is 12.4. The first-order valence-corrected chi connectivity index (χ1v) is 13.3. The Morgan fingerprint density at radius 2 is 1.44 bits per heavy atom. The second-order valence-corrected chi connectivity index (χ2v) is 9.40. The zero-order valence-corrected chi connectivity index (χ0v) is 24.4. The Hall–Kier alpha value is -4.54. The number of alkyl halides is 3. The van der Waals surface area contributed by atoms with Crippen LogP contribution in [0.2, 0.25) is 10.0 Å². The van der Waals surface area contributed by atoms with E-state index in [0.717, 1.165) is 12.1 Å². The lowest BCUT2D eigenvalue weighted by Gasteiger charge is -2.11. The van der Waals surface area contributed by atoms with Gasteiger partial charge < -0.3 is 20.2 Å². The van der Waals surface area contributed by atoms with Gasteiger partial charge in [-0.05, 0) is 54.1 Å². The zero-order chi connectivity index (χ0) is 31.4. The van der Waals surface area contributed by atoms with Gasteiger partial charge in [0, 0.05) is 13.6 Å². The number of likely N-dealkylation sites (N-methyl/N-ethyl adjacent to an activating group) is 1. The van der Waals surface area contributed by atoms with Crippen LogP contribution >= 0.6 is 23.2 Å². The van der Waals surface area contributed by atoms with Crippen molar-refractivity contribution in [3.8, 4) is 11.5 Å². The summed E-state index contributed by atoms with van der Waals surface area (Å²) in [6.45, 7) is 0.0680. The molecule has 0 saturated carbocycles. The molecule has 0 spiro atoms. The standard InChI is InChI=1S/C16H16N2O3.C15H10Cl2F3NO/c1-17-16(19)15(18-20-2)13-10-6-7-11-14(13)21-12-8-4-3-5-9-12;16-11-2-1-3-12(17)13(11)14(22)21-8-9-4-6-10(7-5-9)15(18,19)20/h3-11H,1-2H3,(H,17,19);1-7H,8H2,(H,21,22). The van der Waals surface area contributed by atoms with Crippen molar-refractivity contribution in [2.75, 3.05) is 14.2 Å². The van der Waals surface area contributed by atoms with Gasteiger partial charge in [0.1, 0.15) is 18.6 Å². The Morgan fingerprint density at radius 1 is 0.837 bits per heavy atom. The monoisotopic (exact) mass is 631 g/mol. The van der Waals surface area contributed by atoms with Gasteiger partial charge in [0.2, 0.25) is 0 Å². The fraction of sp³-hybridized carbons (Fsp3) is 0.129. The smallest absolute Gasteiger partial charge is 0.416 e. The maximum atomic E-state index is 12.4. The first-order chi connectivity index (χ1) is 20.5. The number of oxime groups is 1. The minimum Gasteiger partial charge on any atom is -0.457 e. The van der Waals surface area contributed by atoms with Gasteiger partial charge in [-0.1, -0.05) is 76.9 Å². The summed E-state index contributed by atoms with van der Waals surface area (Å²) >= 11 is 11.8. The van der Waals surface area contributed by atoms with Gasteiger partial charge in [-0.2, -0.15) is 13.2 Å². The number of amides is 2. The lowest BCUT2D eigenvalue weighted by molar-refractivity contribution is -0.137. The first kappa shape index (κ1) is 33.0. The van der Waals surface area contributed by atoms with Crippen LogP contribution in [-0.4, -0.2) is 31.7 Å². The molecule has 4 aromatic carbocycles. The number of halogens is 5. The predicted molar refractivity (Wildman–Crippen MR) is 160 cm³/mol. The van der Waals surface area contributed by atoms with Crippen LogP contribution in [0.25, 0.3) is 0 Å². The fourth-order valence-corrected chi connectivity index (χ4v) is 4.16. The van der Waals surface area contributed by atoms with Crippen LogP contribution in [0.5, 0.6) is 11.5 Å². The van der Waals surface area contributed by atoms with Crippen LogP contribution in [0.1, 0.15) is 27.0 Å². The molecule has 0 aliphatic carbocycles. The third kappa shape index (κ3) is 9.49. The minimum atomic E-state index is -4.38. The highest BCUT2D eigenvalue weighted by atomic mass is 35.5. The van der Waals surface area contributed by atoms with Crippen LogP contribution in [0.4, 0.5) is 13.2 Å². The number of carbonyl (C=O) groups excluding carboxylic acids is 2. The second-order valence-electron chi connectivity index (χ2n) is 8.59. The molecule has 0 aliphatic rings. The SMILES string of the molecule is CNC(=O)C(=NOC)c1ccccc1Oc1ccccc1.O=C(NCc1ccc(C(F)(F)F)cc1)c1c(Cl)cccc1Cl. The van der Waals surface area contributed by atoms with Gasteiger partial charge in [-0.15, -0.1) is 0 Å². The summed E-state index contributed by atoms with van der Waals surface area (Å²) in [5.41, 5.74) is 0.646. The molecule has 0 bridgehead atoms. The number of ether oxygens (including phenoxy) is 1. The molecule has 12 heteroatoms. The van der Waals surface area contributed by atoms with Gasteiger partial charge in [0.15, 0.2) is 5.71 Å². The molecule has 0 aromatic heterocycles. The summed E-state index contributed by atoms with van der Waals surface area (Å²) in [6.07, 6.45) is -4.38. The molecule has 224 valence electrons. The number of hydrogen-bond acceptors (Lipinski definition) is 5. The Labute approximate surface area is 256 Å². The van der Waals surface area contributed by atoms with Crippen LogP contribution in [-0.2, 0) is 22.4 Å². The number of nitrogens with zero attached hydrogens (tertiary/aromatic N) is 1. The molecule has 0 atom stereocenters. The van der Waals surface area contributed by atoms with Crippen LogP contribution in [0.15, 0.2) is 102 Å². The Morgan fingerprint density at radius 3 is 2.02 bits per heavy atom. The molecular weight excluding hydrogens is 606 g/mol. The fourth-order valence-electron chi connectivity index (χ4n) is 3.59. The summed E-state index contributed by atoms with van der Waals surface area (Å²) in [6, 6.07) is 25.7. The minimum absolute atomic E-state index is 0.0680. The topological polar surface area (TPSA) is 89.0 Å². The van der Waals surface area contributed by atoms with Crippen molar-refractivity contribution in [1.82, 2.24) is 10.6 Å². The van der Waals surface area contributed by atoms with E-state index in [0.29, 0.717) is 22.6 Å². The molecule has 4 rings (SSSR count). The second kappa shape index (κ2) is 15.6. The van der Waals surface area contributed by atoms with E-state index in [4.69, 9.17) is 32.8 Å². The highest BCUT2D eigenvalue weighted by Gasteiger charge is 2.30. The normalized spacial score (nSPS) is 11.1. The van der Waals surface area contributed by atoms with E-state index in [1.165, 1.54) is 38.4 Å². The molecule has 7 nitrogen and oxygen atoms in total. The summed E-state index contributed by atoms with van der Waals surface area (Å²) in [5.74, 6) is 0.373. The van der Waals surface area contributed by atoms with Gasteiger partial charge in [0.25, 0.3) is 11.8 Å². The molecule has 0 fully saturated rings. The van der Waals surface area contributed by atoms with E-state index < -0.39 is 17.6 Å². The van der Waals surface area contributed by atoms with E-state index in [-0.39, 0.29) is 33.8 Å². The van der Waals surface area contributed by atoms with E-state index in [2.05, 4.69) is 15.8 Å². The largest absolute Gasteiger partial charge is 0.457 e. The molecule has 0 heterocycles. The van der Waals surface area contributed by atoms with Gasteiger partial charge in [-0.3, -0.25) is 9.59 Å². The van der Waals surface area contributed by atoms with E-state index in [1.54, 1.807) is 24.3 Å². The quantitative estimate of drug-likeness (QED) is 0.155. The van der Waals surface area contributed by atoms with Crippen molar-refractivity contribution < 1.29 is 32.3 Å². The molecule has 0 unspecified atom stereocenters. The summed E-state index contributed by atoms with van der Waals surface area (Å²) in [4.78, 5) is 28.7. The molecule has 4 aromatic rings. The molecule has 43 heavy (non-hydrogen) atoms. The third-order valence-corrected chi connectivity index (χ3v) is 6.29. The average Bonchev–Trinajstić information content (AvgIpc) is 2.99. The molecule has 2 amide bonds. The van der Waals surface area contributed by atoms with Crippen LogP contribution in [0.3, 0.4) is 0 Å². The van der Waals surface area contributed by atoms with Crippen molar-refractivity contribution in [2.24, 2.45) is 5.16 Å². The third-order valence-electron chi connectivity index (χ3n) is 5.66. The van der Waals surface area contributed by atoms with Crippen molar-refractivity contribution in [1.29, 1.82) is 0 Å². The summed E-state index contributed by atoms with van der Waals surface area (Å²) in [5, 5.41) is 9.30. The van der Waals surface area contributed by atoms with Crippen molar-refractivity contribution in [3.05, 3.63) is 129 Å². The maximum Gasteiger partial charge on any atom is 0.416 e. The van der Waals surface area contributed by atoms with E-state index >= 15 is 0 Å². The van der Waals surface area contributed by atoms with Gasteiger partial charge in [0.05, 0.1) is 26.7 Å². The molecule has 0 radical (unpaired) electrons. The van der Waals surface area contributed by atoms with Crippen LogP contribution in [0, 0.1) is 0 Å². The van der Waals surface area contributed by atoms with Crippen LogP contribution < -0.4 is 15.4 Å². The highest BCUT2D eigenvalue weighted by molar-refractivity contribution is 6.45. The van der Waals surface area contributed by atoms with Crippen molar-refractivity contribution >= 4 is 40.7 Å². The van der Waals surface area contributed by atoms with Crippen molar-refractivity contribution in [3.63, 3.8) is 0 Å². The van der Waals surface area contributed by atoms with Gasteiger partial charge in [-0.25, -0.2) is 0 Å². The molecule has 2 N–H and O–H groups in total. The van der Waals surface area contributed by atoms with E-state index in [1.807, 2.05) is 36.4 Å². The first-order valence-electron chi connectivity index (χ1n) is 12.6. The number of hydrogen-bond donors (Lipinski definition) is 2. The zero-order valence-electron chi connectivity index (χ0n) is 22.9. The summed E-state index contributed by atoms with van der Waals surface area (Å²) in [7, 11) is 2.93. The molecule has 0 saturated heterocycles. The number of benzene rings is 4. The number of carbonyl (C=O) groups is 2. The Balaban J connectivity index is 0.000000236. The average molecular weight is 632 g/mol. The lowest BCUT2D eigenvalue weighted by atomic mass is 10.1. The lowest BCUT2D eigenvalue weighted by Crippen LogP contribution is -2.28. The number of nitrogens with one attached hydrogen (secondary N) is 2. The van der Waals surface area contributed by atoms with Gasteiger partial charge >= 0.3 is 6.18 Å². The number of para-hydroxylation sites is 2. The summed E-state index contributed by atoms with van der Waals surface area (Å²) < 4.78 is 43.1. The van der Waals surface area contributed by atoms with E-state index in [9.17, 15) is 22.8 Å². The van der Waals surface area contributed by atoms with Crippen molar-refractivity contribution in [2.45, 2.75) is 12.7 Å². The Bertz CT molecular complexity index is 1540. The highest BCUT2D eigenvalue weighted by Crippen LogP contribution is 2.29. The Kier molecular flexibility index (Phi) is 12.0. The molecular formula is C31H26Cl2F3N3O4. The number of rotatable bonds is 8. The predicted octanol–water partition coefficient (Wildman–Crippen LogP) is 7.52. The molecule has 0 aliphatic heterocycles.